The molecule has 1 saturated heterocycles. The molecule has 2 heterocycles. The highest BCUT2D eigenvalue weighted by molar-refractivity contribution is 5.53. The molecular formula is C15H20N6. The molecule has 0 amide bonds. The van der Waals surface area contributed by atoms with Gasteiger partial charge in [-0.3, -0.25) is 4.90 Å². The zero-order chi connectivity index (χ0) is 14.7. The zero-order valence-corrected chi connectivity index (χ0v) is 12.2. The minimum absolute atomic E-state index is 0.161. The summed E-state index contributed by atoms with van der Waals surface area (Å²) in [6, 6.07) is 9.97. The number of anilines is 3. The Labute approximate surface area is 124 Å². The van der Waals surface area contributed by atoms with Crippen LogP contribution in [0, 0.1) is 0 Å². The molecule has 2 aromatic rings. The van der Waals surface area contributed by atoms with E-state index >= 15 is 0 Å². The molecule has 0 unspecified atom stereocenters. The predicted octanol–water partition coefficient (Wildman–Crippen LogP) is 2.35. The van der Waals surface area contributed by atoms with Crippen LogP contribution in [0.1, 0.15) is 31.6 Å². The average Bonchev–Trinajstić information content (AvgIpc) is 3.01. The van der Waals surface area contributed by atoms with Crippen LogP contribution in [-0.2, 0) is 0 Å². The SMILES string of the molecule is C[C@H](c1nc(N)nc(Nc2ccccc2)n1)N1CCCC1. The van der Waals surface area contributed by atoms with Crippen LogP contribution >= 0.6 is 0 Å². The minimum atomic E-state index is 0.161. The number of nitrogen functional groups attached to an aromatic ring is 1. The third-order valence-electron chi connectivity index (χ3n) is 3.76. The highest BCUT2D eigenvalue weighted by Crippen LogP contribution is 2.23. The van der Waals surface area contributed by atoms with Gasteiger partial charge in [-0.1, -0.05) is 18.2 Å². The summed E-state index contributed by atoms with van der Waals surface area (Å²) in [5.41, 5.74) is 6.76. The van der Waals surface area contributed by atoms with Crippen LogP contribution in [0.15, 0.2) is 30.3 Å². The summed E-state index contributed by atoms with van der Waals surface area (Å²) in [7, 11) is 0. The molecule has 21 heavy (non-hydrogen) atoms. The number of hydrogen-bond acceptors (Lipinski definition) is 6. The van der Waals surface area contributed by atoms with Crippen molar-refractivity contribution in [2.75, 3.05) is 24.1 Å². The average molecular weight is 284 g/mol. The molecule has 1 aromatic heterocycles. The van der Waals surface area contributed by atoms with Crippen molar-refractivity contribution in [2.45, 2.75) is 25.8 Å². The monoisotopic (exact) mass is 284 g/mol. The number of rotatable bonds is 4. The Morgan fingerprint density at radius 2 is 1.81 bits per heavy atom. The fourth-order valence-corrected chi connectivity index (χ4v) is 2.59. The van der Waals surface area contributed by atoms with E-state index in [1.165, 1.54) is 12.8 Å². The normalized spacial score (nSPS) is 16.8. The van der Waals surface area contributed by atoms with Gasteiger partial charge in [0.2, 0.25) is 11.9 Å². The van der Waals surface area contributed by atoms with E-state index in [9.17, 15) is 0 Å². The van der Waals surface area contributed by atoms with Gasteiger partial charge in [-0.25, -0.2) is 0 Å². The first-order valence-electron chi connectivity index (χ1n) is 7.30. The van der Waals surface area contributed by atoms with E-state index in [2.05, 4.69) is 32.1 Å². The van der Waals surface area contributed by atoms with Crippen molar-refractivity contribution in [2.24, 2.45) is 0 Å². The van der Waals surface area contributed by atoms with Crippen molar-refractivity contribution < 1.29 is 0 Å². The van der Waals surface area contributed by atoms with Crippen molar-refractivity contribution in [3.05, 3.63) is 36.2 Å². The van der Waals surface area contributed by atoms with Crippen LogP contribution in [0.25, 0.3) is 0 Å². The largest absolute Gasteiger partial charge is 0.368 e. The van der Waals surface area contributed by atoms with E-state index in [0.717, 1.165) is 24.6 Å². The van der Waals surface area contributed by atoms with Gasteiger partial charge in [-0.05, 0) is 45.0 Å². The van der Waals surface area contributed by atoms with Crippen molar-refractivity contribution in [1.82, 2.24) is 19.9 Å². The Bertz CT molecular complexity index is 594. The molecule has 1 atom stereocenters. The van der Waals surface area contributed by atoms with Crippen molar-refractivity contribution in [3.63, 3.8) is 0 Å². The molecule has 3 rings (SSSR count). The standard InChI is InChI=1S/C15H20N6/c1-11(21-9-5-6-10-21)13-18-14(16)20-15(19-13)17-12-7-3-2-4-8-12/h2-4,7-8,11H,5-6,9-10H2,1H3,(H3,16,17,18,19,20)/t11-/m1/s1. The first-order valence-corrected chi connectivity index (χ1v) is 7.30. The third kappa shape index (κ3) is 3.28. The molecule has 0 saturated carbocycles. The van der Waals surface area contributed by atoms with Gasteiger partial charge in [-0.15, -0.1) is 0 Å². The highest BCUT2D eigenvalue weighted by atomic mass is 15.2. The summed E-state index contributed by atoms with van der Waals surface area (Å²) >= 11 is 0. The van der Waals surface area contributed by atoms with E-state index in [1.807, 2.05) is 30.3 Å². The van der Waals surface area contributed by atoms with Gasteiger partial charge in [0.25, 0.3) is 0 Å². The molecule has 0 aliphatic carbocycles. The number of nitrogens with zero attached hydrogens (tertiary/aromatic N) is 4. The first-order chi connectivity index (χ1) is 10.2. The third-order valence-corrected chi connectivity index (χ3v) is 3.76. The number of nitrogens with two attached hydrogens (primary N) is 1. The molecule has 0 spiro atoms. The Morgan fingerprint density at radius 3 is 2.52 bits per heavy atom. The molecule has 1 aliphatic heterocycles. The number of likely N-dealkylation sites (tertiary alicyclic amines) is 1. The second kappa shape index (κ2) is 6.05. The maximum Gasteiger partial charge on any atom is 0.232 e. The molecule has 1 aliphatic rings. The van der Waals surface area contributed by atoms with E-state index in [4.69, 9.17) is 5.73 Å². The molecule has 1 fully saturated rings. The van der Waals surface area contributed by atoms with Crippen LogP contribution < -0.4 is 11.1 Å². The van der Waals surface area contributed by atoms with Gasteiger partial charge < -0.3 is 11.1 Å². The number of hydrogen-bond donors (Lipinski definition) is 2. The van der Waals surface area contributed by atoms with Gasteiger partial charge in [0.1, 0.15) is 0 Å². The number of aromatic nitrogens is 3. The lowest BCUT2D eigenvalue weighted by molar-refractivity contribution is 0.253. The summed E-state index contributed by atoms with van der Waals surface area (Å²) in [6.07, 6.45) is 2.47. The van der Waals surface area contributed by atoms with Gasteiger partial charge in [0.05, 0.1) is 6.04 Å². The minimum Gasteiger partial charge on any atom is -0.368 e. The lowest BCUT2D eigenvalue weighted by Gasteiger charge is -2.22. The fourth-order valence-electron chi connectivity index (χ4n) is 2.59. The number of para-hydroxylation sites is 1. The van der Waals surface area contributed by atoms with Crippen LogP contribution in [0.5, 0.6) is 0 Å². The van der Waals surface area contributed by atoms with Crippen LogP contribution in [0.3, 0.4) is 0 Å². The maximum atomic E-state index is 5.83. The van der Waals surface area contributed by atoms with E-state index in [0.29, 0.717) is 5.95 Å². The second-order valence-corrected chi connectivity index (χ2v) is 5.29. The van der Waals surface area contributed by atoms with E-state index in [1.54, 1.807) is 0 Å². The summed E-state index contributed by atoms with van der Waals surface area (Å²) in [6.45, 7) is 4.30. The topological polar surface area (TPSA) is 80.0 Å². The van der Waals surface area contributed by atoms with Crippen LogP contribution in [0.4, 0.5) is 17.6 Å². The van der Waals surface area contributed by atoms with Gasteiger partial charge in [0, 0.05) is 5.69 Å². The molecule has 0 bridgehead atoms. The molecule has 3 N–H and O–H groups in total. The van der Waals surface area contributed by atoms with Gasteiger partial charge >= 0.3 is 0 Å². The Hall–Kier alpha value is -2.21. The molecule has 110 valence electrons. The summed E-state index contributed by atoms with van der Waals surface area (Å²) < 4.78 is 0. The predicted molar refractivity (Wildman–Crippen MR) is 83.2 cm³/mol. The Morgan fingerprint density at radius 1 is 1.10 bits per heavy atom. The second-order valence-electron chi connectivity index (χ2n) is 5.29. The Kier molecular flexibility index (Phi) is 3.96. The molecular weight excluding hydrogens is 264 g/mol. The van der Waals surface area contributed by atoms with Crippen molar-refractivity contribution in [3.8, 4) is 0 Å². The molecule has 6 heteroatoms. The lowest BCUT2D eigenvalue weighted by atomic mass is 10.3. The zero-order valence-electron chi connectivity index (χ0n) is 12.2. The smallest absolute Gasteiger partial charge is 0.232 e. The molecule has 0 radical (unpaired) electrons. The number of benzene rings is 1. The van der Waals surface area contributed by atoms with Gasteiger partial charge in [-0.2, -0.15) is 15.0 Å². The first kappa shape index (κ1) is 13.8. The van der Waals surface area contributed by atoms with Crippen LogP contribution in [0.2, 0.25) is 0 Å². The molecule has 6 nitrogen and oxygen atoms in total. The molecule has 1 aromatic carbocycles. The Balaban J connectivity index is 1.82. The quantitative estimate of drug-likeness (QED) is 0.897. The fraction of sp³-hybridized carbons (Fsp3) is 0.400. The van der Waals surface area contributed by atoms with Crippen LogP contribution in [-0.4, -0.2) is 32.9 Å². The van der Waals surface area contributed by atoms with Gasteiger partial charge in [0.15, 0.2) is 5.82 Å². The summed E-state index contributed by atoms with van der Waals surface area (Å²) in [5.74, 6) is 1.47. The van der Waals surface area contributed by atoms with E-state index < -0.39 is 0 Å². The summed E-state index contributed by atoms with van der Waals surface area (Å²) in [5, 5.41) is 3.17. The number of nitrogens with one attached hydrogen (secondary N) is 1. The van der Waals surface area contributed by atoms with Crippen molar-refractivity contribution in [1.29, 1.82) is 0 Å². The highest BCUT2D eigenvalue weighted by Gasteiger charge is 2.22. The van der Waals surface area contributed by atoms with Crippen molar-refractivity contribution >= 4 is 17.6 Å². The van der Waals surface area contributed by atoms with E-state index in [-0.39, 0.29) is 12.0 Å². The lowest BCUT2D eigenvalue weighted by Crippen LogP contribution is -2.25. The maximum absolute atomic E-state index is 5.83. The summed E-state index contributed by atoms with van der Waals surface area (Å²) in [4.78, 5) is 15.4.